The number of aromatic nitrogens is 1. The smallest absolute Gasteiger partial charge is 0.337 e. The summed E-state index contributed by atoms with van der Waals surface area (Å²) in [5, 5.41) is 0. The Morgan fingerprint density at radius 2 is 1.88 bits per heavy atom. The Morgan fingerprint density at radius 3 is 2.65 bits per heavy atom. The van der Waals surface area contributed by atoms with Gasteiger partial charge in [-0.25, -0.2) is 13.6 Å². The lowest BCUT2D eigenvalue weighted by molar-refractivity contribution is 0.0600. The van der Waals surface area contributed by atoms with Crippen LogP contribution in [-0.4, -0.2) is 17.6 Å². The van der Waals surface area contributed by atoms with E-state index < -0.39 is 17.6 Å². The van der Waals surface area contributed by atoms with Crippen LogP contribution < -0.4 is 10.5 Å². The van der Waals surface area contributed by atoms with E-state index in [0.29, 0.717) is 29.1 Å². The Morgan fingerprint density at radius 1 is 1.06 bits per heavy atom. The molecule has 0 aliphatic carbocycles. The summed E-state index contributed by atoms with van der Waals surface area (Å²) in [6.45, 7) is -0.0473. The highest BCUT2D eigenvalue weighted by Gasteiger charge is 2.15. The summed E-state index contributed by atoms with van der Waals surface area (Å²) in [4.78, 5) is 12.0. The number of nitrogens with zero attached hydrogens (tertiary/aromatic N) is 1. The number of nitrogen functional groups attached to an aromatic ring is 1. The van der Waals surface area contributed by atoms with Gasteiger partial charge in [0.15, 0.2) is 0 Å². The first kappa shape index (κ1) is 23.5. The van der Waals surface area contributed by atoms with Crippen molar-refractivity contribution in [3.63, 3.8) is 0 Å². The minimum Gasteiger partial charge on any atom is -0.488 e. The topological polar surface area (TPSA) is 66.5 Å². The monoisotopic (exact) mass is 526 g/mol. The lowest BCUT2D eigenvalue weighted by atomic mass is 10.1. The summed E-state index contributed by atoms with van der Waals surface area (Å²) >= 11 is 3.58. The first-order chi connectivity index (χ1) is 16.4. The number of carbonyl (C=O) groups is 1. The van der Waals surface area contributed by atoms with Crippen LogP contribution in [0.4, 0.5) is 14.5 Å². The van der Waals surface area contributed by atoms with Gasteiger partial charge >= 0.3 is 5.97 Å². The Labute approximate surface area is 203 Å². The first-order valence-corrected chi connectivity index (χ1v) is 11.1. The van der Waals surface area contributed by atoms with Crippen LogP contribution in [0.3, 0.4) is 0 Å². The van der Waals surface area contributed by atoms with Crippen LogP contribution in [0.15, 0.2) is 77.4 Å². The second-order valence-corrected chi connectivity index (χ2v) is 8.45. The molecule has 0 saturated heterocycles. The van der Waals surface area contributed by atoms with Crippen LogP contribution in [0.1, 0.15) is 27.2 Å². The molecule has 5 nitrogen and oxygen atoms in total. The van der Waals surface area contributed by atoms with Crippen molar-refractivity contribution in [2.45, 2.75) is 13.0 Å². The highest BCUT2D eigenvalue weighted by molar-refractivity contribution is 9.10. The van der Waals surface area contributed by atoms with Gasteiger partial charge < -0.3 is 19.8 Å². The Balaban J connectivity index is 1.64. The van der Waals surface area contributed by atoms with Gasteiger partial charge in [-0.05, 0) is 54.6 Å². The van der Waals surface area contributed by atoms with E-state index in [1.165, 1.54) is 19.2 Å². The SMILES string of the molecule is COC(=O)c1cc(N)cc(-n2cccc2Cc2c(Br)cccc2OCc2ccc(F)cc2F)c1. The lowest BCUT2D eigenvalue weighted by Crippen LogP contribution is -2.07. The lowest BCUT2D eigenvalue weighted by Gasteiger charge is -2.16. The van der Waals surface area contributed by atoms with Crippen molar-refractivity contribution in [1.82, 2.24) is 4.57 Å². The summed E-state index contributed by atoms with van der Waals surface area (Å²) < 4.78 is 40.7. The fraction of sp³-hybridized carbons (Fsp3) is 0.115. The number of anilines is 1. The fourth-order valence-electron chi connectivity index (χ4n) is 3.64. The molecule has 0 fully saturated rings. The van der Waals surface area contributed by atoms with Gasteiger partial charge in [-0.1, -0.05) is 22.0 Å². The molecule has 1 heterocycles. The molecule has 0 unspecified atom stereocenters. The fourth-order valence-corrected chi connectivity index (χ4v) is 4.13. The normalized spacial score (nSPS) is 10.8. The molecule has 0 saturated carbocycles. The van der Waals surface area contributed by atoms with Gasteiger partial charge in [-0.2, -0.15) is 0 Å². The van der Waals surface area contributed by atoms with E-state index in [4.69, 9.17) is 15.2 Å². The number of ether oxygens (including phenoxy) is 2. The molecule has 0 atom stereocenters. The largest absolute Gasteiger partial charge is 0.488 e. The van der Waals surface area contributed by atoms with E-state index in [1.807, 2.05) is 35.0 Å². The van der Waals surface area contributed by atoms with E-state index in [9.17, 15) is 13.6 Å². The van der Waals surface area contributed by atoms with Gasteiger partial charge in [0.05, 0.1) is 12.7 Å². The number of hydrogen-bond acceptors (Lipinski definition) is 4. The summed E-state index contributed by atoms with van der Waals surface area (Å²) in [6, 6.07) is 17.8. The number of carbonyl (C=O) groups excluding carboxylic acids is 1. The quantitative estimate of drug-likeness (QED) is 0.235. The average molecular weight is 527 g/mol. The zero-order valence-electron chi connectivity index (χ0n) is 18.2. The van der Waals surface area contributed by atoms with Crippen LogP contribution in [0.25, 0.3) is 5.69 Å². The van der Waals surface area contributed by atoms with Gasteiger partial charge in [0.25, 0.3) is 0 Å². The zero-order valence-corrected chi connectivity index (χ0v) is 19.8. The second-order valence-electron chi connectivity index (χ2n) is 7.59. The number of halogens is 3. The van der Waals surface area contributed by atoms with Crippen molar-refractivity contribution in [1.29, 1.82) is 0 Å². The molecular formula is C26H21BrF2N2O3. The van der Waals surface area contributed by atoms with Crippen LogP contribution in [0, 0.1) is 11.6 Å². The maximum absolute atomic E-state index is 14.1. The Hall–Kier alpha value is -3.65. The molecule has 3 aromatic carbocycles. The molecule has 1 aromatic heterocycles. The number of methoxy groups -OCH3 is 1. The van der Waals surface area contributed by atoms with E-state index in [0.717, 1.165) is 21.8 Å². The maximum Gasteiger partial charge on any atom is 0.337 e. The van der Waals surface area contributed by atoms with Gasteiger partial charge in [0, 0.05) is 51.4 Å². The van der Waals surface area contributed by atoms with E-state index >= 15 is 0 Å². The van der Waals surface area contributed by atoms with Gasteiger partial charge in [0.2, 0.25) is 0 Å². The number of rotatable bonds is 7. The molecule has 0 amide bonds. The molecule has 0 radical (unpaired) electrons. The van der Waals surface area contributed by atoms with E-state index in [2.05, 4.69) is 15.9 Å². The third-order valence-electron chi connectivity index (χ3n) is 5.30. The Kier molecular flexibility index (Phi) is 6.98. The van der Waals surface area contributed by atoms with Crippen LogP contribution in [0.5, 0.6) is 5.75 Å². The third kappa shape index (κ3) is 5.12. The van der Waals surface area contributed by atoms with Crippen molar-refractivity contribution >= 4 is 27.6 Å². The molecule has 0 spiro atoms. The molecule has 2 N–H and O–H groups in total. The molecule has 4 aromatic rings. The van der Waals surface area contributed by atoms with E-state index in [1.54, 1.807) is 24.3 Å². The van der Waals surface area contributed by atoms with E-state index in [-0.39, 0.29) is 12.2 Å². The minimum atomic E-state index is -0.659. The van der Waals surface area contributed by atoms with Crippen molar-refractivity contribution in [3.05, 3.63) is 111 Å². The molecule has 0 bridgehead atoms. The predicted octanol–water partition coefficient (Wildman–Crippen LogP) is 6.06. The number of benzene rings is 3. The Bertz CT molecular complexity index is 1350. The van der Waals surface area contributed by atoms with Crippen LogP contribution >= 0.6 is 15.9 Å². The maximum atomic E-state index is 14.1. The molecule has 4 rings (SSSR count). The standard InChI is InChI=1S/C26H21BrF2N2O3/c1-33-26(32)17-10-19(30)13-21(11-17)31-9-3-4-20(31)14-22-23(27)5-2-6-25(22)34-15-16-7-8-18(28)12-24(16)29/h2-13H,14-15,30H2,1H3. The minimum absolute atomic E-state index is 0.0473. The van der Waals surface area contributed by atoms with Crippen molar-refractivity contribution in [2.24, 2.45) is 0 Å². The summed E-state index contributed by atoms with van der Waals surface area (Å²) in [5.41, 5.74) is 9.53. The molecule has 8 heteroatoms. The zero-order chi connectivity index (χ0) is 24.2. The second kappa shape index (κ2) is 10.1. The molecule has 174 valence electrons. The first-order valence-electron chi connectivity index (χ1n) is 10.4. The molecule has 0 aliphatic heterocycles. The summed E-state index contributed by atoms with van der Waals surface area (Å²) in [6.07, 6.45) is 2.34. The van der Waals surface area contributed by atoms with Gasteiger partial charge in [0.1, 0.15) is 24.0 Å². The van der Waals surface area contributed by atoms with Crippen LogP contribution in [0.2, 0.25) is 0 Å². The highest BCUT2D eigenvalue weighted by atomic mass is 79.9. The molecular weight excluding hydrogens is 506 g/mol. The number of hydrogen-bond donors (Lipinski definition) is 1. The average Bonchev–Trinajstić information content (AvgIpc) is 3.27. The number of nitrogens with two attached hydrogens (primary N) is 1. The predicted molar refractivity (Wildman–Crippen MR) is 129 cm³/mol. The number of esters is 1. The van der Waals surface area contributed by atoms with Gasteiger partial charge in [-0.15, -0.1) is 0 Å². The summed E-state index contributed by atoms with van der Waals surface area (Å²) in [5.74, 6) is -1.21. The summed E-state index contributed by atoms with van der Waals surface area (Å²) in [7, 11) is 1.32. The molecule has 34 heavy (non-hydrogen) atoms. The van der Waals surface area contributed by atoms with Crippen molar-refractivity contribution in [3.8, 4) is 11.4 Å². The van der Waals surface area contributed by atoms with Crippen molar-refractivity contribution < 1.29 is 23.0 Å². The third-order valence-corrected chi connectivity index (χ3v) is 6.05. The van der Waals surface area contributed by atoms with Crippen molar-refractivity contribution in [2.75, 3.05) is 12.8 Å². The molecule has 0 aliphatic rings. The highest BCUT2D eigenvalue weighted by Crippen LogP contribution is 2.31. The van der Waals surface area contributed by atoms with Crippen LogP contribution in [-0.2, 0) is 17.8 Å². The van der Waals surface area contributed by atoms with Gasteiger partial charge in [-0.3, -0.25) is 0 Å².